The fraction of sp³-hybridized carbons (Fsp3) is 0.167. The number of imidazole rings is 1. The Hall–Kier alpha value is -3.39. The Balaban J connectivity index is 1.66. The molecule has 3 aromatic heterocycles. The Bertz CT molecular complexity index is 1040. The van der Waals surface area contributed by atoms with Gasteiger partial charge in [0.2, 0.25) is 0 Å². The Morgan fingerprint density at radius 3 is 2.96 bits per heavy atom. The lowest BCUT2D eigenvalue weighted by Gasteiger charge is -2.09. The molecule has 1 aromatic carbocycles. The van der Waals surface area contributed by atoms with Crippen molar-refractivity contribution >= 4 is 17.2 Å². The normalized spacial score (nSPS) is 11.0. The van der Waals surface area contributed by atoms with Gasteiger partial charge in [-0.25, -0.2) is 9.97 Å². The number of aliphatic hydroxyl groups excluding tert-OH is 1. The van der Waals surface area contributed by atoms with Gasteiger partial charge in [-0.3, -0.25) is 9.08 Å². The van der Waals surface area contributed by atoms with Crippen molar-refractivity contribution in [3.8, 4) is 17.0 Å². The quantitative estimate of drug-likeness (QED) is 0.554. The summed E-state index contributed by atoms with van der Waals surface area (Å²) in [7, 11) is 1.88. The number of aromatic nitrogens is 5. The summed E-state index contributed by atoms with van der Waals surface area (Å²) in [6, 6.07) is 7.49. The lowest BCUT2D eigenvalue weighted by atomic mass is 10.3. The standard InChI is InChI=1S/C18H18N6O2/c1-23-12-13(10-21-23)16-11-20-18-17(19-5-6-24(16)18)22-14-3-2-4-15(9-14)26-8-7-25/h2-6,9-12,25H,7-8H2,1H3,(H,19,22). The minimum absolute atomic E-state index is 0.0241. The van der Waals surface area contributed by atoms with Crippen LogP contribution in [-0.2, 0) is 7.05 Å². The average molecular weight is 350 g/mol. The first-order chi connectivity index (χ1) is 12.7. The molecule has 0 aliphatic carbocycles. The number of ether oxygens (including phenoxy) is 1. The number of nitrogens with zero attached hydrogens (tertiary/aromatic N) is 5. The molecule has 0 bridgehead atoms. The van der Waals surface area contributed by atoms with Crippen LogP contribution in [0.1, 0.15) is 0 Å². The van der Waals surface area contributed by atoms with Crippen molar-refractivity contribution in [2.24, 2.45) is 7.05 Å². The number of aliphatic hydroxyl groups is 1. The highest BCUT2D eigenvalue weighted by Gasteiger charge is 2.12. The maximum Gasteiger partial charge on any atom is 0.180 e. The first-order valence-electron chi connectivity index (χ1n) is 8.16. The predicted molar refractivity (Wildman–Crippen MR) is 97.5 cm³/mol. The Morgan fingerprint density at radius 2 is 2.15 bits per heavy atom. The zero-order valence-electron chi connectivity index (χ0n) is 14.2. The van der Waals surface area contributed by atoms with Crippen molar-refractivity contribution in [3.05, 3.63) is 55.2 Å². The molecule has 0 saturated carbocycles. The van der Waals surface area contributed by atoms with Crippen LogP contribution in [0.15, 0.2) is 55.2 Å². The summed E-state index contributed by atoms with van der Waals surface area (Å²) in [5.41, 5.74) is 3.47. The van der Waals surface area contributed by atoms with Gasteiger partial charge in [-0.2, -0.15) is 5.10 Å². The third-order valence-corrected chi connectivity index (χ3v) is 3.89. The fourth-order valence-electron chi connectivity index (χ4n) is 2.74. The van der Waals surface area contributed by atoms with E-state index in [9.17, 15) is 0 Å². The van der Waals surface area contributed by atoms with E-state index in [2.05, 4.69) is 20.4 Å². The molecular weight excluding hydrogens is 332 g/mol. The summed E-state index contributed by atoms with van der Waals surface area (Å²) in [5, 5.41) is 16.4. The molecule has 3 heterocycles. The van der Waals surface area contributed by atoms with E-state index in [0.29, 0.717) is 17.2 Å². The average Bonchev–Trinajstić information content (AvgIpc) is 3.27. The van der Waals surface area contributed by atoms with Gasteiger partial charge in [0.05, 0.1) is 24.7 Å². The Morgan fingerprint density at radius 1 is 1.23 bits per heavy atom. The zero-order valence-corrected chi connectivity index (χ0v) is 14.2. The largest absolute Gasteiger partial charge is 0.491 e. The molecule has 0 atom stereocenters. The van der Waals surface area contributed by atoms with E-state index in [1.165, 1.54) is 0 Å². The van der Waals surface area contributed by atoms with Gasteiger partial charge in [-0.15, -0.1) is 0 Å². The van der Waals surface area contributed by atoms with Crippen LogP contribution in [0, 0.1) is 0 Å². The van der Waals surface area contributed by atoms with Crippen LogP contribution < -0.4 is 10.1 Å². The van der Waals surface area contributed by atoms with Gasteiger partial charge in [0, 0.05) is 43.0 Å². The van der Waals surface area contributed by atoms with E-state index in [1.807, 2.05) is 48.1 Å². The van der Waals surface area contributed by atoms with Crippen LogP contribution in [-0.4, -0.2) is 42.5 Å². The fourth-order valence-corrected chi connectivity index (χ4v) is 2.74. The minimum atomic E-state index is -0.0241. The molecule has 0 aliphatic heterocycles. The second kappa shape index (κ2) is 6.85. The zero-order chi connectivity index (χ0) is 17.9. The van der Waals surface area contributed by atoms with Crippen molar-refractivity contribution in [2.45, 2.75) is 0 Å². The molecular formula is C18H18N6O2. The molecule has 4 aromatic rings. The maximum absolute atomic E-state index is 8.88. The molecule has 0 aliphatic rings. The van der Waals surface area contributed by atoms with Crippen LogP contribution in [0.25, 0.3) is 16.9 Å². The molecule has 0 amide bonds. The van der Waals surface area contributed by atoms with Crippen LogP contribution in [0.4, 0.5) is 11.5 Å². The number of benzene rings is 1. The highest BCUT2D eigenvalue weighted by molar-refractivity contribution is 5.74. The number of aryl methyl sites for hydroxylation is 1. The first-order valence-corrected chi connectivity index (χ1v) is 8.16. The summed E-state index contributed by atoms with van der Waals surface area (Å²) >= 11 is 0. The van der Waals surface area contributed by atoms with E-state index < -0.39 is 0 Å². The van der Waals surface area contributed by atoms with Gasteiger partial charge in [0.1, 0.15) is 12.4 Å². The van der Waals surface area contributed by atoms with Gasteiger partial charge in [0.15, 0.2) is 11.5 Å². The van der Waals surface area contributed by atoms with Crippen LogP contribution in [0.5, 0.6) is 5.75 Å². The third kappa shape index (κ3) is 3.09. The molecule has 26 heavy (non-hydrogen) atoms. The summed E-state index contributed by atoms with van der Waals surface area (Å²) in [4.78, 5) is 8.92. The van der Waals surface area contributed by atoms with Crippen molar-refractivity contribution in [2.75, 3.05) is 18.5 Å². The number of fused-ring (bicyclic) bond motifs is 1. The smallest absolute Gasteiger partial charge is 0.180 e. The summed E-state index contributed by atoms with van der Waals surface area (Å²) in [6.07, 6.45) is 9.15. The first kappa shape index (κ1) is 16.1. The Labute approximate surface area is 149 Å². The molecule has 0 fully saturated rings. The molecule has 4 rings (SSSR count). The van der Waals surface area contributed by atoms with Crippen molar-refractivity contribution in [1.29, 1.82) is 0 Å². The molecule has 0 spiro atoms. The van der Waals surface area contributed by atoms with Crippen LogP contribution in [0.3, 0.4) is 0 Å². The van der Waals surface area contributed by atoms with Crippen LogP contribution >= 0.6 is 0 Å². The molecule has 8 nitrogen and oxygen atoms in total. The van der Waals surface area contributed by atoms with E-state index in [1.54, 1.807) is 23.3 Å². The highest BCUT2D eigenvalue weighted by atomic mass is 16.5. The summed E-state index contributed by atoms with van der Waals surface area (Å²) in [5.74, 6) is 1.32. The van der Waals surface area contributed by atoms with Crippen LogP contribution in [0.2, 0.25) is 0 Å². The predicted octanol–water partition coefficient (Wildman–Crippen LogP) is 2.24. The van der Waals surface area contributed by atoms with E-state index in [-0.39, 0.29) is 13.2 Å². The van der Waals surface area contributed by atoms with Gasteiger partial charge in [0.25, 0.3) is 0 Å². The van der Waals surface area contributed by atoms with Crippen molar-refractivity contribution < 1.29 is 9.84 Å². The molecule has 8 heteroatoms. The number of hydrogen-bond acceptors (Lipinski definition) is 6. The van der Waals surface area contributed by atoms with Gasteiger partial charge >= 0.3 is 0 Å². The third-order valence-electron chi connectivity index (χ3n) is 3.89. The number of hydrogen-bond donors (Lipinski definition) is 2. The van der Waals surface area contributed by atoms with E-state index in [4.69, 9.17) is 9.84 Å². The summed E-state index contributed by atoms with van der Waals surface area (Å²) < 4.78 is 9.17. The SMILES string of the molecule is Cn1cc(-c2cnc3c(Nc4cccc(OCCO)c4)nccn23)cn1. The second-order valence-electron chi connectivity index (χ2n) is 5.74. The molecule has 2 N–H and O–H groups in total. The van der Waals surface area contributed by atoms with Crippen molar-refractivity contribution in [3.63, 3.8) is 0 Å². The van der Waals surface area contributed by atoms with Gasteiger partial charge < -0.3 is 15.2 Å². The molecule has 0 saturated heterocycles. The number of rotatable bonds is 6. The summed E-state index contributed by atoms with van der Waals surface area (Å²) in [6.45, 7) is 0.232. The lowest BCUT2D eigenvalue weighted by Crippen LogP contribution is -2.02. The van der Waals surface area contributed by atoms with Gasteiger partial charge in [-0.1, -0.05) is 6.07 Å². The lowest BCUT2D eigenvalue weighted by molar-refractivity contribution is 0.201. The topological polar surface area (TPSA) is 89.5 Å². The number of anilines is 2. The van der Waals surface area contributed by atoms with E-state index in [0.717, 1.165) is 16.9 Å². The molecule has 0 radical (unpaired) electrons. The minimum Gasteiger partial charge on any atom is -0.491 e. The maximum atomic E-state index is 8.88. The monoisotopic (exact) mass is 350 g/mol. The number of nitrogens with one attached hydrogen (secondary N) is 1. The van der Waals surface area contributed by atoms with Gasteiger partial charge in [-0.05, 0) is 12.1 Å². The van der Waals surface area contributed by atoms with E-state index >= 15 is 0 Å². The van der Waals surface area contributed by atoms with Crippen molar-refractivity contribution in [1.82, 2.24) is 24.1 Å². The highest BCUT2D eigenvalue weighted by Crippen LogP contribution is 2.26. The Kier molecular flexibility index (Phi) is 4.24. The molecule has 132 valence electrons. The second-order valence-corrected chi connectivity index (χ2v) is 5.74. The molecule has 0 unspecified atom stereocenters.